The number of aromatic nitrogens is 1. The summed E-state index contributed by atoms with van der Waals surface area (Å²) in [6, 6.07) is 0. The minimum Gasteiger partial charge on any atom is -0.292 e. The molecule has 0 saturated heterocycles. The number of hydrogen-bond donors (Lipinski definition) is 0. The van der Waals surface area contributed by atoms with Crippen LogP contribution in [-0.2, 0) is 6.42 Å². The fraction of sp³-hybridized carbons (Fsp3) is 0.733. The second-order valence-electron chi connectivity index (χ2n) is 6.54. The summed E-state index contributed by atoms with van der Waals surface area (Å²) in [7, 11) is 0. The van der Waals surface area contributed by atoms with E-state index in [1.54, 1.807) is 0 Å². The molecule has 3 rings (SSSR count). The third kappa shape index (κ3) is 2.25. The molecule has 1 aromatic rings. The number of aryl methyl sites for hydroxylation is 1. The lowest BCUT2D eigenvalue weighted by molar-refractivity contribution is 0.0968. The first-order valence-electron chi connectivity index (χ1n) is 7.08. The van der Waals surface area contributed by atoms with Gasteiger partial charge in [0.15, 0.2) is 5.78 Å². The molecular formula is C15H21NOS. The number of hydrogen-bond acceptors (Lipinski definition) is 3. The van der Waals surface area contributed by atoms with Gasteiger partial charge in [-0.3, -0.25) is 4.79 Å². The van der Waals surface area contributed by atoms with E-state index >= 15 is 0 Å². The number of carbonyl (C=O) groups is 1. The van der Waals surface area contributed by atoms with Gasteiger partial charge in [-0.1, -0.05) is 13.8 Å². The molecule has 1 heterocycles. The van der Waals surface area contributed by atoms with Gasteiger partial charge in [-0.2, -0.15) is 0 Å². The lowest BCUT2D eigenvalue weighted by atomic mass is 9.73. The largest absolute Gasteiger partial charge is 0.292 e. The molecule has 0 aromatic carbocycles. The highest BCUT2D eigenvalue weighted by molar-refractivity contribution is 7.12. The smallest absolute Gasteiger partial charge is 0.182 e. The number of thiazole rings is 1. The minimum atomic E-state index is 0.273. The fourth-order valence-corrected chi connectivity index (χ4v) is 4.40. The monoisotopic (exact) mass is 263 g/mol. The van der Waals surface area contributed by atoms with Gasteiger partial charge in [0.1, 0.15) is 5.69 Å². The van der Waals surface area contributed by atoms with Crippen molar-refractivity contribution in [1.29, 1.82) is 0 Å². The van der Waals surface area contributed by atoms with Crippen LogP contribution in [0, 0.1) is 5.41 Å². The van der Waals surface area contributed by atoms with Gasteiger partial charge >= 0.3 is 0 Å². The van der Waals surface area contributed by atoms with E-state index in [9.17, 15) is 4.79 Å². The van der Waals surface area contributed by atoms with Gasteiger partial charge in [-0.15, -0.1) is 11.3 Å². The van der Waals surface area contributed by atoms with Crippen molar-refractivity contribution < 1.29 is 4.79 Å². The van der Waals surface area contributed by atoms with Crippen molar-refractivity contribution in [1.82, 2.24) is 4.98 Å². The molecule has 2 aliphatic rings. The maximum atomic E-state index is 11.8. The highest BCUT2D eigenvalue weighted by Gasteiger charge is 2.31. The third-order valence-corrected chi connectivity index (χ3v) is 5.75. The summed E-state index contributed by atoms with van der Waals surface area (Å²) in [6.07, 6.45) is 7.85. The zero-order valence-electron chi connectivity index (χ0n) is 11.3. The number of carbonyl (C=O) groups excluding carboxylic acids is 1. The first-order chi connectivity index (χ1) is 8.55. The molecule has 18 heavy (non-hydrogen) atoms. The van der Waals surface area contributed by atoms with Crippen LogP contribution in [0.2, 0.25) is 0 Å². The van der Waals surface area contributed by atoms with Gasteiger partial charge in [-0.05, 0) is 43.9 Å². The van der Waals surface area contributed by atoms with Crippen LogP contribution < -0.4 is 0 Å². The van der Waals surface area contributed by atoms with E-state index in [0.717, 1.165) is 18.5 Å². The van der Waals surface area contributed by atoms with Crippen LogP contribution in [0.4, 0.5) is 0 Å². The second kappa shape index (κ2) is 4.44. The number of nitrogens with zero attached hydrogens (tertiary/aromatic N) is 1. The summed E-state index contributed by atoms with van der Waals surface area (Å²) < 4.78 is 0. The van der Waals surface area contributed by atoms with Crippen molar-refractivity contribution >= 4 is 17.1 Å². The summed E-state index contributed by atoms with van der Waals surface area (Å²) in [4.78, 5) is 17.8. The molecule has 0 spiro atoms. The van der Waals surface area contributed by atoms with Gasteiger partial charge < -0.3 is 0 Å². The van der Waals surface area contributed by atoms with Crippen molar-refractivity contribution in [3.63, 3.8) is 0 Å². The lowest BCUT2D eigenvalue weighted by Crippen LogP contribution is -2.20. The van der Waals surface area contributed by atoms with E-state index in [0.29, 0.717) is 17.8 Å². The Bertz CT molecular complexity index is 465. The van der Waals surface area contributed by atoms with E-state index in [2.05, 4.69) is 18.8 Å². The molecule has 3 heteroatoms. The van der Waals surface area contributed by atoms with Gasteiger partial charge in [-0.25, -0.2) is 4.98 Å². The molecule has 1 aromatic heterocycles. The molecule has 0 aliphatic heterocycles. The Morgan fingerprint density at radius 1 is 1.22 bits per heavy atom. The molecule has 1 fully saturated rings. The van der Waals surface area contributed by atoms with E-state index in [4.69, 9.17) is 0 Å². The highest BCUT2D eigenvalue weighted by Crippen LogP contribution is 2.44. The number of ketones is 1. The van der Waals surface area contributed by atoms with Crippen molar-refractivity contribution in [2.24, 2.45) is 5.41 Å². The summed E-state index contributed by atoms with van der Waals surface area (Å²) in [5.74, 6) is 0.885. The van der Waals surface area contributed by atoms with E-state index in [1.165, 1.54) is 35.6 Å². The Hall–Kier alpha value is -0.700. The number of rotatable bonds is 1. The van der Waals surface area contributed by atoms with Crippen LogP contribution >= 0.6 is 11.3 Å². The predicted octanol–water partition coefficient (Wildman–Crippen LogP) is 4.35. The van der Waals surface area contributed by atoms with Crippen LogP contribution in [0.25, 0.3) is 0 Å². The molecule has 0 N–H and O–H groups in total. The zero-order chi connectivity index (χ0) is 12.8. The van der Waals surface area contributed by atoms with Crippen LogP contribution in [0.3, 0.4) is 0 Å². The normalized spacial score (nSPS) is 24.0. The standard InChI is InChI=1S/C15H21NOS/c1-15(2)8-6-10(7-9-15)14-16-13-11(17)4-3-5-12(13)18-14/h10H,3-9H2,1-2H3. The average Bonchev–Trinajstić information content (AvgIpc) is 2.74. The Morgan fingerprint density at radius 2 is 1.94 bits per heavy atom. The molecule has 2 nitrogen and oxygen atoms in total. The Morgan fingerprint density at radius 3 is 2.61 bits per heavy atom. The molecule has 1 saturated carbocycles. The first-order valence-corrected chi connectivity index (χ1v) is 7.90. The predicted molar refractivity (Wildman–Crippen MR) is 74.4 cm³/mol. The molecular weight excluding hydrogens is 242 g/mol. The van der Waals surface area contributed by atoms with E-state index in [-0.39, 0.29) is 5.78 Å². The Balaban J connectivity index is 1.80. The average molecular weight is 263 g/mol. The maximum Gasteiger partial charge on any atom is 0.182 e. The molecule has 0 radical (unpaired) electrons. The lowest BCUT2D eigenvalue weighted by Gasteiger charge is -2.33. The fourth-order valence-electron chi connectivity index (χ4n) is 3.11. The van der Waals surface area contributed by atoms with Crippen LogP contribution in [0.15, 0.2) is 0 Å². The summed E-state index contributed by atoms with van der Waals surface area (Å²) >= 11 is 1.81. The Labute approximate surface area is 113 Å². The van der Waals surface area contributed by atoms with Crippen molar-refractivity contribution in [2.75, 3.05) is 0 Å². The van der Waals surface area contributed by atoms with Crippen LogP contribution in [0.5, 0.6) is 0 Å². The maximum absolute atomic E-state index is 11.8. The van der Waals surface area contributed by atoms with Gasteiger partial charge in [0, 0.05) is 17.2 Å². The summed E-state index contributed by atoms with van der Waals surface area (Å²) in [5, 5.41) is 1.24. The SMILES string of the molecule is CC1(C)CCC(c2nc3c(s2)CCCC3=O)CC1. The second-order valence-corrected chi connectivity index (χ2v) is 7.65. The van der Waals surface area contributed by atoms with Gasteiger partial charge in [0.05, 0.1) is 5.01 Å². The molecule has 0 amide bonds. The van der Waals surface area contributed by atoms with E-state index < -0.39 is 0 Å². The molecule has 0 unspecified atom stereocenters. The molecule has 98 valence electrons. The quantitative estimate of drug-likeness (QED) is 0.754. The summed E-state index contributed by atoms with van der Waals surface area (Å²) in [5.41, 5.74) is 1.31. The molecule has 0 bridgehead atoms. The van der Waals surface area contributed by atoms with E-state index in [1.807, 2.05) is 11.3 Å². The molecule has 0 atom stereocenters. The highest BCUT2D eigenvalue weighted by atomic mass is 32.1. The number of fused-ring (bicyclic) bond motifs is 1. The van der Waals surface area contributed by atoms with Crippen LogP contribution in [-0.4, -0.2) is 10.8 Å². The topological polar surface area (TPSA) is 30.0 Å². The van der Waals surface area contributed by atoms with Crippen molar-refractivity contribution in [3.8, 4) is 0 Å². The summed E-state index contributed by atoms with van der Waals surface area (Å²) in [6.45, 7) is 4.72. The zero-order valence-corrected chi connectivity index (χ0v) is 12.1. The van der Waals surface area contributed by atoms with Crippen molar-refractivity contribution in [2.45, 2.75) is 64.7 Å². The molecule has 2 aliphatic carbocycles. The number of Topliss-reactive ketones (excluding diaryl/α,β-unsaturated/α-hetero) is 1. The third-order valence-electron chi connectivity index (χ3n) is 4.47. The first kappa shape index (κ1) is 12.3. The Kier molecular flexibility index (Phi) is 3.05. The van der Waals surface area contributed by atoms with Crippen LogP contribution in [0.1, 0.15) is 78.7 Å². The minimum absolute atomic E-state index is 0.273. The van der Waals surface area contributed by atoms with Crippen molar-refractivity contribution in [3.05, 3.63) is 15.6 Å². The van der Waals surface area contributed by atoms with Gasteiger partial charge in [0.25, 0.3) is 0 Å². The van der Waals surface area contributed by atoms with Gasteiger partial charge in [0.2, 0.25) is 0 Å².